The molecule has 140 valence electrons. The molecule has 2 aromatic carbocycles. The van der Waals surface area contributed by atoms with Crippen LogP contribution in [0.25, 0.3) is 0 Å². The number of esters is 1. The SMILES string of the molecule is COc1cc(C(=O)OCc2nc(COc3ccc(F)cc3)no2)ccc1C. The van der Waals surface area contributed by atoms with Gasteiger partial charge in [-0.3, -0.25) is 0 Å². The van der Waals surface area contributed by atoms with Crippen LogP contribution >= 0.6 is 0 Å². The molecule has 8 heteroatoms. The minimum absolute atomic E-state index is 0.0399. The van der Waals surface area contributed by atoms with Crippen molar-refractivity contribution < 1.29 is 27.9 Å². The lowest BCUT2D eigenvalue weighted by molar-refractivity contribution is 0.0429. The van der Waals surface area contributed by atoms with E-state index in [1.54, 1.807) is 18.2 Å². The molecule has 7 nitrogen and oxygen atoms in total. The Kier molecular flexibility index (Phi) is 5.65. The number of hydrogen-bond acceptors (Lipinski definition) is 7. The normalized spacial score (nSPS) is 10.5. The van der Waals surface area contributed by atoms with Gasteiger partial charge < -0.3 is 18.7 Å². The van der Waals surface area contributed by atoms with Crippen LogP contribution in [0, 0.1) is 12.7 Å². The zero-order valence-electron chi connectivity index (χ0n) is 14.8. The highest BCUT2D eigenvalue weighted by Crippen LogP contribution is 2.20. The molecular weight excluding hydrogens is 355 g/mol. The van der Waals surface area contributed by atoms with Gasteiger partial charge in [0.15, 0.2) is 13.2 Å². The number of ether oxygens (including phenoxy) is 3. The number of rotatable bonds is 7. The first-order valence-corrected chi connectivity index (χ1v) is 8.07. The van der Waals surface area contributed by atoms with Crippen LogP contribution in [0.4, 0.5) is 4.39 Å². The standard InChI is InChI=1S/C19H17FN2O5/c1-12-3-4-13(9-16(12)24-2)19(23)26-11-18-21-17(22-27-18)10-25-15-7-5-14(20)6-8-15/h3-9H,10-11H2,1-2H3. The van der Waals surface area contributed by atoms with Crippen LogP contribution < -0.4 is 9.47 Å². The van der Waals surface area contributed by atoms with Crippen LogP contribution in [-0.2, 0) is 18.0 Å². The third-order valence-corrected chi connectivity index (χ3v) is 3.66. The Morgan fingerprint density at radius 3 is 2.67 bits per heavy atom. The summed E-state index contributed by atoms with van der Waals surface area (Å²) in [5, 5.41) is 3.74. The molecule has 0 aliphatic rings. The third-order valence-electron chi connectivity index (χ3n) is 3.66. The Bertz CT molecular complexity index is 924. The van der Waals surface area contributed by atoms with Gasteiger partial charge in [0.1, 0.15) is 17.3 Å². The molecule has 3 rings (SSSR count). The topological polar surface area (TPSA) is 83.7 Å². The van der Waals surface area contributed by atoms with Gasteiger partial charge in [0.25, 0.3) is 5.89 Å². The molecule has 0 fully saturated rings. The van der Waals surface area contributed by atoms with Crippen molar-refractivity contribution in [3.05, 3.63) is 71.1 Å². The van der Waals surface area contributed by atoms with Crippen molar-refractivity contribution in [2.24, 2.45) is 0 Å². The first kappa shape index (κ1) is 18.4. The van der Waals surface area contributed by atoms with Crippen molar-refractivity contribution in [3.8, 4) is 11.5 Å². The van der Waals surface area contributed by atoms with Gasteiger partial charge in [-0.15, -0.1) is 0 Å². The van der Waals surface area contributed by atoms with Gasteiger partial charge in [0, 0.05) is 0 Å². The smallest absolute Gasteiger partial charge is 0.338 e. The molecule has 27 heavy (non-hydrogen) atoms. The summed E-state index contributed by atoms with van der Waals surface area (Å²) in [5.74, 6) is 0.611. The van der Waals surface area contributed by atoms with Crippen LogP contribution in [0.15, 0.2) is 47.0 Å². The fourth-order valence-corrected chi connectivity index (χ4v) is 2.24. The summed E-state index contributed by atoms with van der Waals surface area (Å²) in [7, 11) is 1.53. The van der Waals surface area contributed by atoms with Crippen LogP contribution in [0.3, 0.4) is 0 Å². The molecule has 0 amide bonds. The van der Waals surface area contributed by atoms with Gasteiger partial charge in [-0.05, 0) is 48.9 Å². The fraction of sp³-hybridized carbons (Fsp3) is 0.211. The first-order chi connectivity index (χ1) is 13.0. The minimum Gasteiger partial charge on any atom is -0.496 e. The zero-order chi connectivity index (χ0) is 19.2. The maximum absolute atomic E-state index is 12.8. The Balaban J connectivity index is 1.53. The van der Waals surface area contributed by atoms with Gasteiger partial charge in [0.05, 0.1) is 12.7 Å². The Morgan fingerprint density at radius 2 is 1.93 bits per heavy atom. The predicted octanol–water partition coefficient (Wildman–Crippen LogP) is 3.46. The van der Waals surface area contributed by atoms with E-state index in [-0.39, 0.29) is 30.7 Å². The summed E-state index contributed by atoms with van der Waals surface area (Å²) < 4.78 is 33.6. The van der Waals surface area contributed by atoms with E-state index in [1.807, 2.05) is 6.92 Å². The predicted molar refractivity (Wildman–Crippen MR) is 91.9 cm³/mol. The number of hydrogen-bond donors (Lipinski definition) is 0. The number of benzene rings is 2. The maximum Gasteiger partial charge on any atom is 0.338 e. The van der Waals surface area contributed by atoms with Gasteiger partial charge in [-0.1, -0.05) is 11.2 Å². The summed E-state index contributed by atoms with van der Waals surface area (Å²) >= 11 is 0. The molecule has 0 aliphatic carbocycles. The van der Waals surface area contributed by atoms with Gasteiger partial charge in [-0.2, -0.15) is 4.98 Å². The molecule has 3 aromatic rings. The van der Waals surface area contributed by atoms with E-state index in [4.69, 9.17) is 18.7 Å². The Labute approximate surface area is 154 Å². The molecule has 0 spiro atoms. The van der Waals surface area contributed by atoms with Crippen LogP contribution in [0.1, 0.15) is 27.6 Å². The molecule has 0 saturated heterocycles. The van der Waals surface area contributed by atoms with Crippen molar-refractivity contribution in [3.63, 3.8) is 0 Å². The second-order valence-corrected chi connectivity index (χ2v) is 5.61. The number of aromatic nitrogens is 2. The van der Waals surface area contributed by atoms with E-state index < -0.39 is 5.97 Å². The number of methoxy groups -OCH3 is 1. The van der Waals surface area contributed by atoms with E-state index >= 15 is 0 Å². The summed E-state index contributed by atoms with van der Waals surface area (Å²) in [5.41, 5.74) is 1.27. The Hall–Kier alpha value is -3.42. The fourth-order valence-electron chi connectivity index (χ4n) is 2.24. The molecule has 0 saturated carbocycles. The number of carbonyl (C=O) groups is 1. The summed E-state index contributed by atoms with van der Waals surface area (Å²) in [4.78, 5) is 16.2. The van der Waals surface area contributed by atoms with Crippen LogP contribution in [0.2, 0.25) is 0 Å². The van der Waals surface area contributed by atoms with Gasteiger partial charge >= 0.3 is 5.97 Å². The number of carbonyl (C=O) groups excluding carboxylic acids is 1. The van der Waals surface area contributed by atoms with Crippen LogP contribution in [-0.4, -0.2) is 23.2 Å². The quantitative estimate of drug-likeness (QED) is 0.587. The van der Waals surface area contributed by atoms with Crippen LogP contribution in [0.5, 0.6) is 11.5 Å². The molecule has 0 N–H and O–H groups in total. The lowest BCUT2D eigenvalue weighted by atomic mass is 10.1. The molecule has 0 radical (unpaired) electrons. The summed E-state index contributed by atoms with van der Waals surface area (Å²) in [6.45, 7) is 1.75. The second kappa shape index (κ2) is 8.31. The largest absolute Gasteiger partial charge is 0.496 e. The van der Waals surface area contributed by atoms with Gasteiger partial charge in [0.2, 0.25) is 5.82 Å². The molecule has 1 aromatic heterocycles. The van der Waals surface area contributed by atoms with E-state index in [1.165, 1.54) is 31.4 Å². The Morgan fingerprint density at radius 1 is 1.15 bits per heavy atom. The van der Waals surface area contributed by atoms with Crippen molar-refractivity contribution in [1.29, 1.82) is 0 Å². The monoisotopic (exact) mass is 372 g/mol. The third kappa shape index (κ3) is 4.81. The zero-order valence-corrected chi connectivity index (χ0v) is 14.8. The van der Waals surface area contributed by atoms with Gasteiger partial charge in [-0.25, -0.2) is 9.18 Å². The highest BCUT2D eigenvalue weighted by Gasteiger charge is 2.13. The average molecular weight is 372 g/mol. The summed E-state index contributed by atoms with van der Waals surface area (Å²) in [6.07, 6.45) is 0. The maximum atomic E-state index is 12.8. The van der Waals surface area contributed by atoms with Crippen molar-refractivity contribution in [2.45, 2.75) is 20.1 Å². The number of aryl methyl sites for hydroxylation is 1. The van der Waals surface area contributed by atoms with E-state index in [0.29, 0.717) is 17.1 Å². The molecule has 0 aliphatic heterocycles. The molecule has 1 heterocycles. The molecular formula is C19H17FN2O5. The van der Waals surface area contributed by atoms with E-state index in [0.717, 1.165) is 5.56 Å². The first-order valence-electron chi connectivity index (χ1n) is 8.07. The average Bonchev–Trinajstić information content (AvgIpc) is 3.14. The minimum atomic E-state index is -0.532. The van der Waals surface area contributed by atoms with E-state index in [9.17, 15) is 9.18 Å². The summed E-state index contributed by atoms with van der Waals surface area (Å²) in [6, 6.07) is 10.6. The van der Waals surface area contributed by atoms with E-state index in [2.05, 4.69) is 10.1 Å². The van der Waals surface area contributed by atoms with Crippen molar-refractivity contribution >= 4 is 5.97 Å². The second-order valence-electron chi connectivity index (χ2n) is 5.61. The highest BCUT2D eigenvalue weighted by atomic mass is 19.1. The lowest BCUT2D eigenvalue weighted by Crippen LogP contribution is -2.06. The number of nitrogens with zero attached hydrogens (tertiary/aromatic N) is 2. The van der Waals surface area contributed by atoms with Crippen molar-refractivity contribution in [2.75, 3.05) is 7.11 Å². The lowest BCUT2D eigenvalue weighted by Gasteiger charge is -2.07. The molecule has 0 bridgehead atoms. The highest BCUT2D eigenvalue weighted by molar-refractivity contribution is 5.90. The molecule has 0 atom stereocenters. The number of halogens is 1. The molecule has 0 unspecified atom stereocenters. The van der Waals surface area contributed by atoms with Crippen molar-refractivity contribution in [1.82, 2.24) is 10.1 Å².